The van der Waals surface area contributed by atoms with Crippen LogP contribution >= 0.6 is 0 Å². The summed E-state index contributed by atoms with van der Waals surface area (Å²) in [5.41, 5.74) is 1.97. The molecule has 4 aliphatic rings. The number of rotatable bonds is 8. The van der Waals surface area contributed by atoms with Crippen molar-refractivity contribution < 1.29 is 17.6 Å². The van der Waals surface area contributed by atoms with Crippen LogP contribution < -0.4 is 0 Å². The lowest BCUT2D eigenvalue weighted by atomic mass is 9.68. The van der Waals surface area contributed by atoms with Gasteiger partial charge in [0.1, 0.15) is 0 Å². The van der Waals surface area contributed by atoms with Crippen LogP contribution in [0.4, 0.5) is 17.6 Å². The first-order valence-corrected chi connectivity index (χ1v) is 18.5. The maximum atomic E-state index is 13.4. The molecule has 4 saturated carbocycles. The summed E-state index contributed by atoms with van der Waals surface area (Å²) in [7, 11) is 0. The Morgan fingerprint density at radius 1 is 0.511 bits per heavy atom. The zero-order chi connectivity index (χ0) is 32.5. The van der Waals surface area contributed by atoms with Crippen LogP contribution in [0.25, 0.3) is 0 Å². The molecule has 0 aliphatic heterocycles. The summed E-state index contributed by atoms with van der Waals surface area (Å²) in [5, 5.41) is 0. The summed E-state index contributed by atoms with van der Waals surface area (Å²) >= 11 is 0. The summed E-state index contributed by atoms with van der Waals surface area (Å²) in [6.45, 7) is 7.75. The third-order valence-electron chi connectivity index (χ3n) is 12.5. The van der Waals surface area contributed by atoms with Crippen molar-refractivity contribution in [1.82, 2.24) is 0 Å². The van der Waals surface area contributed by atoms with Gasteiger partial charge in [0, 0.05) is 0 Å². The fourth-order valence-electron chi connectivity index (χ4n) is 9.53. The van der Waals surface area contributed by atoms with E-state index in [0.29, 0.717) is 11.8 Å². The molecule has 0 unspecified atom stereocenters. The van der Waals surface area contributed by atoms with E-state index in [0.717, 1.165) is 78.7 Å². The van der Waals surface area contributed by atoms with E-state index in [4.69, 9.17) is 0 Å². The van der Waals surface area contributed by atoms with E-state index < -0.39 is 23.3 Å². The van der Waals surface area contributed by atoms with Gasteiger partial charge in [-0.3, -0.25) is 0 Å². The lowest BCUT2D eigenvalue weighted by Gasteiger charge is -2.38. The maximum absolute atomic E-state index is 13.4. The summed E-state index contributed by atoms with van der Waals surface area (Å²) in [4.78, 5) is 0. The Bertz CT molecular complexity index is 1240. The van der Waals surface area contributed by atoms with Crippen LogP contribution in [0.2, 0.25) is 0 Å². The molecule has 0 saturated heterocycles. The molecule has 4 heteroatoms. The lowest BCUT2D eigenvalue weighted by Crippen LogP contribution is -2.25. The van der Waals surface area contributed by atoms with Crippen molar-refractivity contribution in [3.63, 3.8) is 0 Å². The van der Waals surface area contributed by atoms with Gasteiger partial charge in [0.25, 0.3) is 0 Å². The molecule has 0 aromatic heterocycles. The van der Waals surface area contributed by atoms with Gasteiger partial charge in [-0.25, -0.2) is 17.6 Å². The van der Waals surface area contributed by atoms with Crippen LogP contribution in [0, 0.1) is 58.8 Å². The Hall–Kier alpha value is -2.36. The fraction of sp³-hybridized carbons (Fsp3) is 0.628. The highest BCUT2D eigenvalue weighted by atomic mass is 19.2. The monoisotopic (exact) mass is 652 g/mol. The average molecular weight is 653 g/mol. The van der Waals surface area contributed by atoms with E-state index in [1.165, 1.54) is 108 Å². The van der Waals surface area contributed by atoms with Gasteiger partial charge < -0.3 is 0 Å². The van der Waals surface area contributed by atoms with Crippen molar-refractivity contribution in [2.75, 3.05) is 0 Å². The zero-order valence-electron chi connectivity index (χ0n) is 27.9. The second kappa shape index (κ2) is 18.4. The van der Waals surface area contributed by atoms with Crippen LogP contribution in [-0.2, 0) is 0 Å². The predicted molar refractivity (Wildman–Crippen MR) is 189 cm³/mol. The Morgan fingerprint density at radius 2 is 0.894 bits per heavy atom. The van der Waals surface area contributed by atoms with Crippen LogP contribution in [0.1, 0.15) is 146 Å². The maximum Gasteiger partial charge on any atom is 0.159 e. The Kier molecular flexibility index (Phi) is 14.7. The van der Waals surface area contributed by atoms with E-state index in [1.54, 1.807) is 12.1 Å². The van der Waals surface area contributed by atoms with E-state index in [2.05, 4.69) is 19.2 Å². The molecule has 2 aromatic carbocycles. The van der Waals surface area contributed by atoms with Crippen molar-refractivity contribution in [1.29, 1.82) is 0 Å². The topological polar surface area (TPSA) is 0 Å². The van der Waals surface area contributed by atoms with Crippen molar-refractivity contribution in [2.24, 2.45) is 35.5 Å². The molecule has 0 nitrogen and oxygen atoms in total. The standard InChI is InChI=1S/C22H30F2.C20H26F2.CH4/c1-2-3-4-16-5-7-17(8-6-16)18-9-11-19(12-10-18)20-13-14-21(23)22(24)15-20;1-2-14-3-5-15(6-4-14)16-7-9-17(10-8-16)18-11-12-19(21)20(22)13-18;/h2,13-19H,1,3-12H2;2,11-17H,1,3-10H2;1H4. The zero-order valence-corrected chi connectivity index (χ0v) is 27.9. The highest BCUT2D eigenvalue weighted by Crippen LogP contribution is 2.46. The number of benzene rings is 2. The minimum Gasteiger partial charge on any atom is -0.204 e. The summed E-state index contributed by atoms with van der Waals surface area (Å²) in [6.07, 6.45) is 27.0. The minimum atomic E-state index is -0.739. The molecule has 2 aromatic rings. The molecule has 4 aliphatic carbocycles. The van der Waals surface area contributed by atoms with Gasteiger partial charge in [-0.2, -0.15) is 0 Å². The van der Waals surface area contributed by atoms with Gasteiger partial charge in [0.2, 0.25) is 0 Å². The second-order valence-electron chi connectivity index (χ2n) is 15.1. The number of halogens is 4. The highest BCUT2D eigenvalue weighted by molar-refractivity contribution is 5.23. The first-order chi connectivity index (χ1) is 22.3. The first kappa shape index (κ1) is 37.5. The van der Waals surface area contributed by atoms with Crippen molar-refractivity contribution in [2.45, 2.75) is 135 Å². The molecule has 0 spiro atoms. The molecule has 0 heterocycles. The Balaban J connectivity index is 0.000000209. The van der Waals surface area contributed by atoms with Crippen molar-refractivity contribution in [3.05, 3.63) is 96.1 Å². The number of hydrogen-bond donors (Lipinski definition) is 0. The second-order valence-corrected chi connectivity index (χ2v) is 15.1. The van der Waals surface area contributed by atoms with E-state index in [1.807, 2.05) is 6.08 Å². The van der Waals surface area contributed by atoms with E-state index in [-0.39, 0.29) is 7.43 Å². The Morgan fingerprint density at radius 3 is 1.26 bits per heavy atom. The highest BCUT2D eigenvalue weighted by Gasteiger charge is 2.32. The van der Waals surface area contributed by atoms with E-state index in [9.17, 15) is 17.6 Å². The SMILES string of the molecule is C.C=CC1CCC(C2CCC(c3ccc(F)c(F)c3)CC2)CC1.C=CCCC1CCC(C2CCC(c3ccc(F)c(F)c3)CC2)CC1. The fourth-order valence-corrected chi connectivity index (χ4v) is 9.53. The smallest absolute Gasteiger partial charge is 0.159 e. The van der Waals surface area contributed by atoms with Gasteiger partial charge in [0.05, 0.1) is 0 Å². The quantitative estimate of drug-likeness (QED) is 0.197. The Labute approximate surface area is 283 Å². The number of hydrogen-bond acceptors (Lipinski definition) is 0. The van der Waals surface area contributed by atoms with Gasteiger partial charge in [-0.1, -0.05) is 44.6 Å². The average Bonchev–Trinajstić information content (AvgIpc) is 3.10. The van der Waals surface area contributed by atoms with Gasteiger partial charge in [-0.05, 0) is 185 Å². The molecular weight excluding hydrogens is 592 g/mol. The van der Waals surface area contributed by atoms with Crippen molar-refractivity contribution in [3.8, 4) is 0 Å². The molecule has 0 radical (unpaired) electrons. The normalized spacial score (nSPS) is 31.1. The summed E-state index contributed by atoms with van der Waals surface area (Å²) < 4.78 is 53.0. The molecule has 260 valence electrons. The van der Waals surface area contributed by atoms with Crippen LogP contribution in [0.5, 0.6) is 0 Å². The van der Waals surface area contributed by atoms with Gasteiger partial charge >= 0.3 is 0 Å². The van der Waals surface area contributed by atoms with Crippen LogP contribution in [0.3, 0.4) is 0 Å². The molecule has 0 amide bonds. The van der Waals surface area contributed by atoms with Crippen LogP contribution in [0.15, 0.2) is 61.7 Å². The molecule has 6 rings (SSSR count). The molecular formula is C43H60F4. The molecule has 0 N–H and O–H groups in total. The van der Waals surface area contributed by atoms with E-state index >= 15 is 0 Å². The largest absolute Gasteiger partial charge is 0.204 e. The van der Waals surface area contributed by atoms with Crippen LogP contribution in [-0.4, -0.2) is 0 Å². The summed E-state index contributed by atoms with van der Waals surface area (Å²) in [5.74, 6) is 3.06. The first-order valence-electron chi connectivity index (χ1n) is 18.5. The number of allylic oxidation sites excluding steroid dienone is 2. The molecule has 47 heavy (non-hydrogen) atoms. The lowest BCUT2D eigenvalue weighted by molar-refractivity contribution is 0.157. The molecule has 4 fully saturated rings. The third-order valence-corrected chi connectivity index (χ3v) is 12.5. The van der Waals surface area contributed by atoms with Gasteiger partial charge in [-0.15, -0.1) is 13.2 Å². The predicted octanol–water partition coefficient (Wildman–Crippen LogP) is 13.9. The minimum absolute atomic E-state index is 0. The summed E-state index contributed by atoms with van der Waals surface area (Å²) in [6, 6.07) is 8.89. The molecule has 0 atom stereocenters. The third kappa shape index (κ3) is 10.3. The molecule has 0 bridgehead atoms. The van der Waals surface area contributed by atoms with Gasteiger partial charge in [0.15, 0.2) is 23.3 Å². The van der Waals surface area contributed by atoms with Crippen molar-refractivity contribution >= 4 is 0 Å².